The maximum absolute atomic E-state index is 11.7. The average Bonchev–Trinajstić information content (AvgIpc) is 1.96. The molecule has 0 unspecified atom stereocenters. The van der Waals surface area contributed by atoms with Crippen LogP contribution >= 0.6 is 0 Å². The molecule has 0 aromatic rings. The Kier molecular flexibility index (Phi) is 4.65. The van der Waals surface area contributed by atoms with E-state index in [0.29, 0.717) is 19.4 Å². The van der Waals surface area contributed by atoms with E-state index in [9.17, 15) is 21.6 Å². The molecule has 0 aromatic heterocycles. The van der Waals surface area contributed by atoms with E-state index in [1.54, 1.807) is 0 Å². The number of halogens is 3. The van der Waals surface area contributed by atoms with Crippen molar-refractivity contribution in [1.29, 1.82) is 0 Å². The van der Waals surface area contributed by atoms with Gasteiger partial charge in [-0.15, -0.1) is 0 Å². The summed E-state index contributed by atoms with van der Waals surface area (Å²) in [6.45, 7) is 0.0901. The first-order valence-corrected chi connectivity index (χ1v) is 5.05. The number of nitrogens with two attached hydrogens (primary N) is 1. The number of sulfonamides is 1. The lowest BCUT2D eigenvalue weighted by molar-refractivity contribution is -0.0447. The highest BCUT2D eigenvalue weighted by molar-refractivity contribution is 7.90. The predicted molar refractivity (Wildman–Crippen MR) is 41.3 cm³/mol. The van der Waals surface area contributed by atoms with E-state index in [-0.39, 0.29) is 6.54 Å². The number of hydrogen-bond acceptors (Lipinski definition) is 3. The molecule has 0 saturated heterocycles. The van der Waals surface area contributed by atoms with Gasteiger partial charge in [0, 0.05) is 6.54 Å². The third-order valence-corrected chi connectivity index (χ3v) is 2.42. The van der Waals surface area contributed by atoms with Crippen molar-refractivity contribution in [2.24, 2.45) is 5.73 Å². The van der Waals surface area contributed by atoms with Gasteiger partial charge in [-0.3, -0.25) is 0 Å². The van der Waals surface area contributed by atoms with Gasteiger partial charge in [0.2, 0.25) is 0 Å². The van der Waals surface area contributed by atoms with Crippen LogP contribution in [0.15, 0.2) is 0 Å². The van der Waals surface area contributed by atoms with Crippen LogP contribution in [0.1, 0.15) is 12.8 Å². The molecule has 3 N–H and O–H groups in total. The van der Waals surface area contributed by atoms with Crippen LogP contribution in [0.5, 0.6) is 0 Å². The van der Waals surface area contributed by atoms with Gasteiger partial charge in [0.1, 0.15) is 0 Å². The van der Waals surface area contributed by atoms with Crippen molar-refractivity contribution in [1.82, 2.24) is 4.72 Å². The molecule has 0 fully saturated rings. The molecule has 0 aliphatic rings. The Labute approximate surface area is 74.3 Å². The second kappa shape index (κ2) is 4.77. The number of nitrogens with one attached hydrogen (secondary N) is 1. The molecule has 0 heterocycles. The lowest BCUT2D eigenvalue weighted by Crippen LogP contribution is -2.37. The van der Waals surface area contributed by atoms with Gasteiger partial charge in [0.15, 0.2) is 0 Å². The fraction of sp³-hybridized carbons (Fsp3) is 1.00. The van der Waals surface area contributed by atoms with Crippen molar-refractivity contribution < 1.29 is 21.6 Å². The molecule has 0 rings (SSSR count). The summed E-state index contributed by atoms with van der Waals surface area (Å²) in [4.78, 5) is 0. The highest BCUT2D eigenvalue weighted by Crippen LogP contribution is 2.21. The zero-order valence-electron chi connectivity index (χ0n) is 6.76. The monoisotopic (exact) mass is 220 g/mol. The van der Waals surface area contributed by atoms with Gasteiger partial charge in [0.25, 0.3) is 0 Å². The number of unbranched alkanes of at least 4 members (excludes halogenated alkanes) is 1. The molecule has 0 radical (unpaired) electrons. The lowest BCUT2D eigenvalue weighted by Gasteiger charge is -2.08. The second-order valence-corrected chi connectivity index (χ2v) is 4.10. The van der Waals surface area contributed by atoms with E-state index >= 15 is 0 Å². The number of alkyl halides is 3. The maximum Gasteiger partial charge on any atom is 0.511 e. The van der Waals surface area contributed by atoms with Crippen molar-refractivity contribution in [3.05, 3.63) is 0 Å². The van der Waals surface area contributed by atoms with Crippen LogP contribution in [0.4, 0.5) is 13.2 Å². The lowest BCUT2D eigenvalue weighted by atomic mass is 10.3. The van der Waals surface area contributed by atoms with E-state index in [0.717, 1.165) is 0 Å². The molecule has 0 atom stereocenters. The molecule has 0 aromatic carbocycles. The van der Waals surface area contributed by atoms with Gasteiger partial charge in [-0.1, -0.05) is 0 Å². The smallest absolute Gasteiger partial charge is 0.330 e. The minimum absolute atomic E-state index is 0.237. The summed E-state index contributed by atoms with van der Waals surface area (Å²) in [5.74, 6) is 0. The van der Waals surface area contributed by atoms with Crippen molar-refractivity contribution >= 4 is 10.0 Å². The van der Waals surface area contributed by atoms with Crippen molar-refractivity contribution in [2.45, 2.75) is 18.3 Å². The maximum atomic E-state index is 11.7. The number of rotatable bonds is 5. The van der Waals surface area contributed by atoms with Crippen LogP contribution in [0.3, 0.4) is 0 Å². The minimum atomic E-state index is -5.23. The Morgan fingerprint density at radius 2 is 1.77 bits per heavy atom. The van der Waals surface area contributed by atoms with Crippen LogP contribution in [-0.4, -0.2) is 27.0 Å². The molecule has 0 aliphatic heterocycles. The first kappa shape index (κ1) is 12.7. The van der Waals surface area contributed by atoms with Gasteiger partial charge in [-0.05, 0) is 19.4 Å². The largest absolute Gasteiger partial charge is 0.511 e. The molecule has 0 amide bonds. The fourth-order valence-electron chi connectivity index (χ4n) is 0.558. The normalized spacial score (nSPS) is 13.2. The van der Waals surface area contributed by atoms with E-state index in [2.05, 4.69) is 0 Å². The van der Waals surface area contributed by atoms with Crippen LogP contribution in [0, 0.1) is 0 Å². The molecule has 0 spiro atoms. The predicted octanol–water partition coefficient (Wildman–Crippen LogP) is 0.165. The molecular formula is C5H11F3N2O2S. The van der Waals surface area contributed by atoms with Crippen LogP contribution in [-0.2, 0) is 10.0 Å². The Balaban J connectivity index is 3.92. The van der Waals surface area contributed by atoms with Gasteiger partial charge in [-0.25, -0.2) is 13.1 Å². The Hall–Kier alpha value is -0.340. The molecular weight excluding hydrogens is 209 g/mol. The summed E-state index contributed by atoms with van der Waals surface area (Å²) in [5, 5.41) is 0. The molecule has 80 valence electrons. The fourth-order valence-corrected chi connectivity index (χ4v) is 1.13. The van der Waals surface area contributed by atoms with Crippen LogP contribution in [0.25, 0.3) is 0 Å². The summed E-state index contributed by atoms with van der Waals surface area (Å²) >= 11 is 0. The topological polar surface area (TPSA) is 72.2 Å². The van der Waals surface area contributed by atoms with Gasteiger partial charge in [0.05, 0.1) is 0 Å². The molecule has 13 heavy (non-hydrogen) atoms. The molecule has 0 saturated carbocycles. The van der Waals surface area contributed by atoms with E-state index in [4.69, 9.17) is 5.73 Å². The molecule has 0 bridgehead atoms. The minimum Gasteiger partial charge on any atom is -0.330 e. The van der Waals surface area contributed by atoms with Gasteiger partial charge >= 0.3 is 15.5 Å². The SMILES string of the molecule is NCCCCNS(=O)(=O)C(F)(F)F. The van der Waals surface area contributed by atoms with E-state index in [1.165, 1.54) is 4.72 Å². The zero-order chi connectivity index (χ0) is 10.5. The standard InChI is InChI=1S/C5H11F3N2O2S/c6-5(7,8)13(11,12)10-4-2-1-3-9/h10H,1-4,9H2. The Bertz CT molecular complexity index is 237. The van der Waals surface area contributed by atoms with Gasteiger partial charge < -0.3 is 5.73 Å². The Morgan fingerprint density at radius 3 is 2.15 bits per heavy atom. The van der Waals surface area contributed by atoms with Crippen molar-refractivity contribution in [3.8, 4) is 0 Å². The highest BCUT2D eigenvalue weighted by Gasteiger charge is 2.45. The van der Waals surface area contributed by atoms with Gasteiger partial charge in [-0.2, -0.15) is 13.2 Å². The summed E-state index contributed by atoms with van der Waals surface area (Å²) in [5.41, 5.74) is -0.162. The third-order valence-electron chi connectivity index (χ3n) is 1.23. The van der Waals surface area contributed by atoms with Crippen molar-refractivity contribution in [2.75, 3.05) is 13.1 Å². The third kappa shape index (κ3) is 4.44. The summed E-state index contributed by atoms with van der Waals surface area (Å²) in [6.07, 6.45) is 0.784. The van der Waals surface area contributed by atoms with Crippen molar-refractivity contribution in [3.63, 3.8) is 0 Å². The zero-order valence-corrected chi connectivity index (χ0v) is 7.58. The highest BCUT2D eigenvalue weighted by atomic mass is 32.2. The summed E-state index contributed by atoms with van der Waals surface area (Å²) in [7, 11) is -5.17. The molecule has 8 heteroatoms. The van der Waals surface area contributed by atoms with E-state index < -0.39 is 15.5 Å². The summed E-state index contributed by atoms with van der Waals surface area (Å²) < 4.78 is 57.1. The first-order valence-electron chi connectivity index (χ1n) is 3.57. The summed E-state index contributed by atoms with van der Waals surface area (Å²) in [6, 6.07) is 0. The second-order valence-electron chi connectivity index (χ2n) is 2.34. The molecule has 0 aliphatic carbocycles. The van der Waals surface area contributed by atoms with E-state index in [1.807, 2.05) is 0 Å². The number of hydrogen-bond donors (Lipinski definition) is 2. The first-order chi connectivity index (χ1) is 5.81. The quantitative estimate of drug-likeness (QED) is 0.648. The average molecular weight is 220 g/mol. The van der Waals surface area contributed by atoms with Crippen LogP contribution < -0.4 is 10.5 Å². The van der Waals surface area contributed by atoms with Crippen LogP contribution in [0.2, 0.25) is 0 Å². The molecule has 4 nitrogen and oxygen atoms in total. The Morgan fingerprint density at radius 1 is 1.23 bits per heavy atom.